The molecule has 0 fully saturated rings. The Morgan fingerprint density at radius 2 is 2.43 bits per heavy atom. The van der Waals surface area contributed by atoms with Gasteiger partial charge in [-0.2, -0.15) is 0 Å². The normalized spacial score (nSPS) is 15.7. The van der Waals surface area contributed by atoms with Crippen LogP contribution in [0.2, 0.25) is 0 Å². The van der Waals surface area contributed by atoms with Crippen LogP contribution in [0, 0.1) is 6.42 Å². The number of pyridine rings is 1. The molecule has 3 nitrogen and oxygen atoms in total. The number of amides is 1. The van der Waals surface area contributed by atoms with Crippen molar-refractivity contribution < 1.29 is 4.79 Å². The number of carbonyl (C=O) groups is 1. The fourth-order valence-corrected chi connectivity index (χ4v) is 1.79. The van der Waals surface area contributed by atoms with E-state index in [2.05, 4.69) is 11.4 Å². The maximum atomic E-state index is 11.2. The largest absolute Gasteiger partial charge is 0.366 e. The van der Waals surface area contributed by atoms with Crippen molar-refractivity contribution in [2.24, 2.45) is 5.73 Å². The highest BCUT2D eigenvalue weighted by Crippen LogP contribution is 2.21. The first-order valence-electron chi connectivity index (χ1n) is 4.76. The van der Waals surface area contributed by atoms with E-state index in [-0.39, 0.29) is 5.91 Å². The molecule has 1 heterocycles. The molecular weight excluding hydrogens is 176 g/mol. The lowest BCUT2D eigenvalue weighted by Gasteiger charge is -2.07. The standard InChI is InChI=1S/C11H12N2O/c12-11(14)9-6-7-13-10-5-3-1-2-4-8(9)10/h6-7H,1-2,4-5H2,(H2,12,14). The van der Waals surface area contributed by atoms with E-state index in [1.54, 1.807) is 12.3 Å². The highest BCUT2D eigenvalue weighted by atomic mass is 16.1. The van der Waals surface area contributed by atoms with Crippen LogP contribution in [0.5, 0.6) is 0 Å². The fourth-order valence-electron chi connectivity index (χ4n) is 1.79. The molecule has 1 aliphatic rings. The molecule has 2 radical (unpaired) electrons. The number of primary amides is 1. The monoisotopic (exact) mass is 188 g/mol. The highest BCUT2D eigenvalue weighted by molar-refractivity contribution is 5.94. The van der Waals surface area contributed by atoms with Crippen molar-refractivity contribution in [2.75, 3.05) is 0 Å². The molecule has 0 bridgehead atoms. The summed E-state index contributed by atoms with van der Waals surface area (Å²) in [6.07, 6.45) is 8.51. The number of rotatable bonds is 1. The molecule has 0 saturated heterocycles. The summed E-state index contributed by atoms with van der Waals surface area (Å²) in [5.74, 6) is -0.356. The fraction of sp³-hybridized carbons (Fsp3) is 0.364. The van der Waals surface area contributed by atoms with Gasteiger partial charge in [0.05, 0.1) is 0 Å². The molecule has 14 heavy (non-hydrogen) atoms. The van der Waals surface area contributed by atoms with Gasteiger partial charge in [0.15, 0.2) is 0 Å². The summed E-state index contributed by atoms with van der Waals surface area (Å²) < 4.78 is 0. The van der Waals surface area contributed by atoms with E-state index in [1.807, 2.05) is 0 Å². The number of carbonyl (C=O) groups excluding carboxylic acids is 1. The Bertz CT molecular complexity index is 360. The van der Waals surface area contributed by atoms with E-state index >= 15 is 0 Å². The predicted octanol–water partition coefficient (Wildman–Crippen LogP) is 1.14. The van der Waals surface area contributed by atoms with Crippen LogP contribution < -0.4 is 5.73 Å². The zero-order valence-electron chi connectivity index (χ0n) is 7.92. The van der Waals surface area contributed by atoms with Crippen LogP contribution in [0.1, 0.15) is 34.5 Å². The summed E-state index contributed by atoms with van der Waals surface area (Å²) in [6, 6.07) is 1.70. The van der Waals surface area contributed by atoms with Crippen molar-refractivity contribution in [1.29, 1.82) is 0 Å². The second-order valence-electron chi connectivity index (χ2n) is 3.43. The minimum atomic E-state index is -0.356. The number of nitrogens with zero attached hydrogens (tertiary/aromatic N) is 1. The van der Waals surface area contributed by atoms with Gasteiger partial charge in [0.1, 0.15) is 0 Å². The minimum Gasteiger partial charge on any atom is -0.366 e. The van der Waals surface area contributed by atoms with Gasteiger partial charge in [-0.1, -0.05) is 0 Å². The number of hydrogen-bond donors (Lipinski definition) is 1. The molecule has 1 amide bonds. The zero-order chi connectivity index (χ0) is 9.97. The first-order chi connectivity index (χ1) is 6.79. The minimum absolute atomic E-state index is 0.356. The Morgan fingerprint density at radius 1 is 1.57 bits per heavy atom. The molecule has 0 aliphatic heterocycles. The van der Waals surface area contributed by atoms with Crippen molar-refractivity contribution in [3.05, 3.63) is 35.5 Å². The molecule has 0 saturated carbocycles. The van der Waals surface area contributed by atoms with Crippen LogP contribution in [0.3, 0.4) is 0 Å². The van der Waals surface area contributed by atoms with Crippen molar-refractivity contribution in [3.63, 3.8) is 0 Å². The van der Waals surface area contributed by atoms with E-state index in [9.17, 15) is 4.79 Å². The quantitative estimate of drug-likeness (QED) is 0.672. The van der Waals surface area contributed by atoms with Crippen LogP contribution in [0.4, 0.5) is 0 Å². The van der Waals surface area contributed by atoms with E-state index in [1.165, 1.54) is 0 Å². The van der Waals surface area contributed by atoms with Gasteiger partial charge in [0.25, 0.3) is 0 Å². The van der Waals surface area contributed by atoms with E-state index < -0.39 is 0 Å². The number of hydrogen-bond acceptors (Lipinski definition) is 2. The SMILES string of the molecule is NC(=O)c1ccnc2c1CCC[C]C2. The summed E-state index contributed by atoms with van der Waals surface area (Å²) in [4.78, 5) is 15.4. The molecule has 3 heteroatoms. The molecular formula is C11H12N2O. The van der Waals surface area contributed by atoms with E-state index in [4.69, 9.17) is 5.73 Å². The molecule has 0 atom stereocenters. The molecule has 0 unspecified atom stereocenters. The lowest BCUT2D eigenvalue weighted by Crippen LogP contribution is -2.15. The molecule has 1 aromatic heterocycles. The smallest absolute Gasteiger partial charge is 0.249 e. The number of fused-ring (bicyclic) bond motifs is 1. The Hall–Kier alpha value is -1.38. The Labute approximate surface area is 83.3 Å². The average molecular weight is 188 g/mol. The first-order valence-corrected chi connectivity index (χ1v) is 4.76. The maximum Gasteiger partial charge on any atom is 0.249 e. The molecule has 2 N–H and O–H groups in total. The van der Waals surface area contributed by atoms with Crippen molar-refractivity contribution in [1.82, 2.24) is 4.98 Å². The number of aromatic nitrogens is 1. The maximum absolute atomic E-state index is 11.2. The number of nitrogens with two attached hydrogens (primary N) is 1. The van der Waals surface area contributed by atoms with Crippen LogP contribution in [-0.4, -0.2) is 10.9 Å². The van der Waals surface area contributed by atoms with Crippen LogP contribution in [-0.2, 0) is 12.8 Å². The lowest BCUT2D eigenvalue weighted by atomic mass is 10.0. The molecule has 2 rings (SSSR count). The van der Waals surface area contributed by atoms with Crippen LogP contribution in [0.25, 0.3) is 0 Å². The zero-order valence-corrected chi connectivity index (χ0v) is 7.92. The average Bonchev–Trinajstić information content (AvgIpc) is 2.41. The Morgan fingerprint density at radius 3 is 3.21 bits per heavy atom. The second kappa shape index (κ2) is 3.78. The van der Waals surface area contributed by atoms with Gasteiger partial charge in [-0.25, -0.2) is 0 Å². The van der Waals surface area contributed by atoms with Crippen LogP contribution >= 0.6 is 0 Å². The van der Waals surface area contributed by atoms with Gasteiger partial charge in [-0.05, 0) is 43.7 Å². The summed E-state index contributed by atoms with van der Waals surface area (Å²) in [7, 11) is 0. The molecule has 1 aliphatic carbocycles. The summed E-state index contributed by atoms with van der Waals surface area (Å²) in [5.41, 5.74) is 7.90. The topological polar surface area (TPSA) is 56.0 Å². The van der Waals surface area contributed by atoms with E-state index in [0.717, 1.165) is 36.9 Å². The predicted molar refractivity (Wildman–Crippen MR) is 52.6 cm³/mol. The third kappa shape index (κ3) is 1.62. The molecule has 0 aromatic carbocycles. The van der Waals surface area contributed by atoms with Gasteiger partial charge in [0.2, 0.25) is 5.91 Å². The van der Waals surface area contributed by atoms with Gasteiger partial charge < -0.3 is 5.73 Å². The van der Waals surface area contributed by atoms with Gasteiger partial charge in [0, 0.05) is 17.5 Å². The Balaban J connectivity index is 2.47. The molecule has 0 spiro atoms. The highest BCUT2D eigenvalue weighted by Gasteiger charge is 2.15. The van der Waals surface area contributed by atoms with Crippen LogP contribution in [0.15, 0.2) is 12.3 Å². The van der Waals surface area contributed by atoms with Crippen molar-refractivity contribution in [2.45, 2.75) is 25.7 Å². The third-order valence-electron chi connectivity index (χ3n) is 2.48. The van der Waals surface area contributed by atoms with Crippen molar-refractivity contribution in [3.8, 4) is 0 Å². The molecule has 1 aromatic rings. The lowest BCUT2D eigenvalue weighted by molar-refractivity contribution is 0.0999. The van der Waals surface area contributed by atoms with Crippen molar-refractivity contribution >= 4 is 5.91 Å². The summed E-state index contributed by atoms with van der Waals surface area (Å²) in [6.45, 7) is 0. The summed E-state index contributed by atoms with van der Waals surface area (Å²) >= 11 is 0. The van der Waals surface area contributed by atoms with Gasteiger partial charge in [-0.3, -0.25) is 9.78 Å². The Kier molecular flexibility index (Phi) is 2.48. The second-order valence-corrected chi connectivity index (χ2v) is 3.43. The third-order valence-corrected chi connectivity index (χ3v) is 2.48. The van der Waals surface area contributed by atoms with E-state index in [0.29, 0.717) is 5.56 Å². The van der Waals surface area contributed by atoms with Gasteiger partial charge in [-0.15, -0.1) is 0 Å². The summed E-state index contributed by atoms with van der Waals surface area (Å²) in [5, 5.41) is 0. The van der Waals surface area contributed by atoms with Gasteiger partial charge >= 0.3 is 0 Å². The first kappa shape index (κ1) is 9.19. The molecule has 72 valence electrons.